The molecule has 0 unspecified atom stereocenters. The van der Waals surface area contributed by atoms with Crippen LogP contribution in [0.4, 0.5) is 5.82 Å². The molecular weight excluding hydrogens is 368 g/mol. The third-order valence-electron chi connectivity index (χ3n) is 5.15. The maximum Gasteiger partial charge on any atom is 0.274 e. The van der Waals surface area contributed by atoms with Crippen LogP contribution in [0.2, 0.25) is 0 Å². The molecule has 0 bridgehead atoms. The van der Waals surface area contributed by atoms with Crippen molar-refractivity contribution in [2.75, 3.05) is 18.8 Å². The highest BCUT2D eigenvalue weighted by Crippen LogP contribution is 2.25. The zero-order valence-electron chi connectivity index (χ0n) is 16.2. The van der Waals surface area contributed by atoms with Gasteiger partial charge in [0.05, 0.1) is 29.3 Å². The minimum absolute atomic E-state index is 0.0860. The molecule has 4 rings (SSSR count). The number of anilines is 1. The van der Waals surface area contributed by atoms with Gasteiger partial charge in [-0.05, 0) is 31.9 Å². The van der Waals surface area contributed by atoms with Crippen LogP contribution in [-0.2, 0) is 0 Å². The van der Waals surface area contributed by atoms with E-state index in [1.165, 1.54) is 12.4 Å². The van der Waals surface area contributed by atoms with Crippen LogP contribution in [-0.4, -0.2) is 49.4 Å². The number of hydrogen-bond donors (Lipinski definition) is 1. The van der Waals surface area contributed by atoms with E-state index >= 15 is 0 Å². The van der Waals surface area contributed by atoms with Gasteiger partial charge in [0, 0.05) is 25.2 Å². The highest BCUT2D eigenvalue weighted by Gasteiger charge is 2.32. The van der Waals surface area contributed by atoms with Crippen LogP contribution >= 0.6 is 0 Å². The van der Waals surface area contributed by atoms with E-state index in [1.807, 2.05) is 37.3 Å². The lowest BCUT2D eigenvalue weighted by Gasteiger charge is -2.31. The van der Waals surface area contributed by atoms with Gasteiger partial charge in [-0.25, -0.2) is 9.67 Å². The molecule has 1 aliphatic heterocycles. The summed E-state index contributed by atoms with van der Waals surface area (Å²) in [6.07, 6.45) is 6.01. The van der Waals surface area contributed by atoms with Crippen molar-refractivity contribution in [1.82, 2.24) is 24.6 Å². The predicted octanol–water partition coefficient (Wildman–Crippen LogP) is 2.29. The fraction of sp³-hybridized carbons (Fsp3) is 0.286. The second-order valence-corrected chi connectivity index (χ2v) is 7.19. The molecule has 1 fully saturated rings. The molecule has 0 spiro atoms. The number of Topliss-reactive ketones (excluding diaryl/α,β-unsaturated/α-hetero) is 1. The molecule has 2 N–H and O–H groups in total. The van der Waals surface area contributed by atoms with Gasteiger partial charge in [-0.3, -0.25) is 14.6 Å². The molecule has 1 aliphatic rings. The Kier molecular flexibility index (Phi) is 5.07. The van der Waals surface area contributed by atoms with Crippen molar-refractivity contribution < 1.29 is 9.59 Å². The number of carbonyl (C=O) groups is 2. The van der Waals surface area contributed by atoms with Crippen molar-refractivity contribution in [2.45, 2.75) is 19.8 Å². The fourth-order valence-corrected chi connectivity index (χ4v) is 3.58. The molecule has 0 radical (unpaired) electrons. The van der Waals surface area contributed by atoms with Crippen LogP contribution in [0.25, 0.3) is 5.69 Å². The average Bonchev–Trinajstić information content (AvgIpc) is 3.15. The summed E-state index contributed by atoms with van der Waals surface area (Å²) >= 11 is 0. The van der Waals surface area contributed by atoms with E-state index in [-0.39, 0.29) is 17.6 Å². The number of aryl methyl sites for hydroxylation is 1. The van der Waals surface area contributed by atoms with Gasteiger partial charge < -0.3 is 10.6 Å². The smallest absolute Gasteiger partial charge is 0.274 e. The minimum atomic E-state index is -0.318. The molecule has 2 aromatic heterocycles. The number of hydrogen-bond acceptors (Lipinski definition) is 6. The Hall–Kier alpha value is -3.55. The molecule has 8 nitrogen and oxygen atoms in total. The number of likely N-dealkylation sites (tertiary alicyclic amines) is 1. The summed E-state index contributed by atoms with van der Waals surface area (Å²) < 4.78 is 1.56. The molecule has 8 heteroatoms. The van der Waals surface area contributed by atoms with Crippen LogP contribution in [0.3, 0.4) is 0 Å². The zero-order chi connectivity index (χ0) is 20.4. The Morgan fingerprint density at radius 2 is 1.90 bits per heavy atom. The average molecular weight is 390 g/mol. The number of piperidine rings is 1. The van der Waals surface area contributed by atoms with Gasteiger partial charge in [0.15, 0.2) is 5.78 Å². The van der Waals surface area contributed by atoms with E-state index in [0.29, 0.717) is 36.6 Å². The summed E-state index contributed by atoms with van der Waals surface area (Å²) in [5.74, 6) is -0.295. The lowest BCUT2D eigenvalue weighted by atomic mass is 9.90. The first kappa shape index (κ1) is 18.8. The quantitative estimate of drug-likeness (QED) is 0.685. The van der Waals surface area contributed by atoms with E-state index in [2.05, 4.69) is 15.1 Å². The van der Waals surface area contributed by atoms with Gasteiger partial charge in [0.25, 0.3) is 5.91 Å². The Morgan fingerprint density at radius 3 is 2.62 bits per heavy atom. The maximum absolute atomic E-state index is 13.1. The summed E-state index contributed by atoms with van der Waals surface area (Å²) in [5, 5.41) is 4.28. The van der Waals surface area contributed by atoms with Crippen LogP contribution in [0.5, 0.6) is 0 Å². The number of para-hydroxylation sites is 1. The number of ketones is 1. The molecule has 3 aromatic rings. The van der Waals surface area contributed by atoms with Gasteiger partial charge >= 0.3 is 0 Å². The lowest BCUT2D eigenvalue weighted by Crippen LogP contribution is -2.42. The SMILES string of the molecule is Cc1cnc(C(=O)N2CCC[C@H](C(=O)c3cnn(-c4ccccc4)c3N)C2)cn1. The summed E-state index contributed by atoms with van der Waals surface area (Å²) in [6, 6.07) is 9.43. The van der Waals surface area contributed by atoms with Crippen LogP contribution < -0.4 is 5.73 Å². The summed E-state index contributed by atoms with van der Waals surface area (Å²) in [6.45, 7) is 2.75. The Morgan fingerprint density at radius 1 is 1.10 bits per heavy atom. The first-order chi connectivity index (χ1) is 14.0. The van der Waals surface area contributed by atoms with Crippen molar-refractivity contribution >= 4 is 17.5 Å². The van der Waals surface area contributed by atoms with Gasteiger partial charge in [0.1, 0.15) is 11.5 Å². The Balaban J connectivity index is 1.51. The topological polar surface area (TPSA) is 107 Å². The van der Waals surface area contributed by atoms with Gasteiger partial charge in [0.2, 0.25) is 0 Å². The molecule has 3 heterocycles. The lowest BCUT2D eigenvalue weighted by molar-refractivity contribution is 0.0632. The number of benzene rings is 1. The first-order valence-electron chi connectivity index (χ1n) is 9.55. The number of rotatable bonds is 4. The number of aromatic nitrogens is 4. The third-order valence-corrected chi connectivity index (χ3v) is 5.15. The first-order valence-corrected chi connectivity index (χ1v) is 9.55. The molecular formula is C21H22N6O2. The fourth-order valence-electron chi connectivity index (χ4n) is 3.58. The summed E-state index contributed by atoms with van der Waals surface area (Å²) in [7, 11) is 0. The van der Waals surface area contributed by atoms with Crippen molar-refractivity contribution in [3.63, 3.8) is 0 Å². The Labute approximate surface area is 168 Å². The Bertz CT molecular complexity index is 1030. The van der Waals surface area contributed by atoms with Gasteiger partial charge in [-0.2, -0.15) is 5.10 Å². The normalized spacial score (nSPS) is 16.6. The molecule has 148 valence electrons. The van der Waals surface area contributed by atoms with Crippen molar-refractivity contribution in [3.8, 4) is 5.69 Å². The highest BCUT2D eigenvalue weighted by atomic mass is 16.2. The molecule has 1 atom stereocenters. The largest absolute Gasteiger partial charge is 0.383 e. The van der Waals surface area contributed by atoms with Crippen LogP contribution in [0.15, 0.2) is 48.9 Å². The minimum Gasteiger partial charge on any atom is -0.383 e. The predicted molar refractivity (Wildman–Crippen MR) is 108 cm³/mol. The second kappa shape index (κ2) is 7.83. The van der Waals surface area contributed by atoms with Gasteiger partial charge in [-0.1, -0.05) is 18.2 Å². The van der Waals surface area contributed by atoms with Crippen molar-refractivity contribution in [1.29, 1.82) is 0 Å². The zero-order valence-corrected chi connectivity index (χ0v) is 16.2. The summed E-state index contributed by atoms with van der Waals surface area (Å²) in [4.78, 5) is 35.8. The second-order valence-electron chi connectivity index (χ2n) is 7.19. The molecule has 0 aliphatic carbocycles. The monoisotopic (exact) mass is 390 g/mol. The number of nitrogens with two attached hydrogens (primary N) is 1. The maximum atomic E-state index is 13.1. The molecule has 29 heavy (non-hydrogen) atoms. The van der Waals surface area contributed by atoms with E-state index < -0.39 is 0 Å². The molecule has 1 saturated heterocycles. The van der Waals surface area contributed by atoms with Crippen molar-refractivity contribution in [3.05, 3.63) is 65.9 Å². The molecule has 1 amide bonds. The van der Waals surface area contributed by atoms with Crippen LogP contribution in [0.1, 0.15) is 39.4 Å². The summed E-state index contributed by atoms with van der Waals surface area (Å²) in [5.41, 5.74) is 8.45. The van der Waals surface area contributed by atoms with Crippen LogP contribution in [0, 0.1) is 12.8 Å². The van der Waals surface area contributed by atoms with E-state index in [9.17, 15) is 9.59 Å². The number of nitrogens with zero attached hydrogens (tertiary/aromatic N) is 5. The standard InChI is InChI=1S/C21H22N6O2/c1-14-10-24-18(12-23-14)21(29)26-9-5-6-15(13-26)19(28)17-11-25-27(20(17)22)16-7-3-2-4-8-16/h2-4,7-8,10-12,15H,5-6,9,13,22H2,1H3/t15-/m0/s1. The van der Waals surface area contributed by atoms with E-state index in [0.717, 1.165) is 17.8 Å². The number of amides is 1. The molecule has 1 aromatic carbocycles. The third kappa shape index (κ3) is 3.73. The van der Waals surface area contributed by atoms with Gasteiger partial charge in [-0.15, -0.1) is 0 Å². The van der Waals surface area contributed by atoms with E-state index in [4.69, 9.17) is 5.73 Å². The van der Waals surface area contributed by atoms with Crippen molar-refractivity contribution in [2.24, 2.45) is 5.92 Å². The number of nitrogen functional groups attached to an aromatic ring is 1. The molecule has 0 saturated carbocycles. The highest BCUT2D eigenvalue weighted by molar-refractivity contribution is 6.02. The number of carbonyl (C=O) groups excluding carboxylic acids is 2. The van der Waals surface area contributed by atoms with E-state index in [1.54, 1.807) is 15.8 Å².